The molecule has 2 saturated heterocycles. The molecule has 1 spiro atoms. The molecule has 0 saturated carbocycles. The molecular formula is C16H19ClN2OS. The molecule has 1 aromatic carbocycles. The normalized spacial score (nSPS) is 24.7. The molecule has 1 N–H and O–H groups in total. The highest BCUT2D eigenvalue weighted by Crippen LogP contribution is 2.37. The molecule has 4 rings (SSSR count). The van der Waals surface area contributed by atoms with Crippen LogP contribution >= 0.6 is 23.7 Å². The highest BCUT2D eigenvalue weighted by molar-refractivity contribution is 7.17. The maximum Gasteiger partial charge on any atom is 0.255 e. The van der Waals surface area contributed by atoms with E-state index >= 15 is 0 Å². The van der Waals surface area contributed by atoms with Gasteiger partial charge in [0, 0.05) is 40.5 Å². The SMILES string of the molecule is Cl.O=C(c1csc2ccccc12)N1CCC2(CCNC2)C1. The number of nitrogens with one attached hydrogen (secondary N) is 1. The Hall–Kier alpha value is -1.10. The molecule has 2 aliphatic heterocycles. The summed E-state index contributed by atoms with van der Waals surface area (Å²) in [4.78, 5) is 14.8. The van der Waals surface area contributed by atoms with Gasteiger partial charge in [0.25, 0.3) is 5.91 Å². The summed E-state index contributed by atoms with van der Waals surface area (Å²) in [5.74, 6) is 0.214. The lowest BCUT2D eigenvalue weighted by Gasteiger charge is -2.22. The summed E-state index contributed by atoms with van der Waals surface area (Å²) in [6.45, 7) is 4.00. The van der Waals surface area contributed by atoms with Crippen LogP contribution in [0.25, 0.3) is 10.1 Å². The number of benzene rings is 1. The first-order chi connectivity index (χ1) is 9.77. The third-order valence-corrected chi connectivity index (χ3v) is 5.73. The van der Waals surface area contributed by atoms with Crippen LogP contribution in [0.4, 0.5) is 0 Å². The first-order valence-electron chi connectivity index (χ1n) is 7.24. The molecule has 1 atom stereocenters. The van der Waals surface area contributed by atoms with E-state index in [4.69, 9.17) is 0 Å². The van der Waals surface area contributed by atoms with Crippen LogP contribution in [0.2, 0.25) is 0 Å². The molecule has 3 heterocycles. The van der Waals surface area contributed by atoms with Crippen LogP contribution in [-0.2, 0) is 0 Å². The highest BCUT2D eigenvalue weighted by Gasteiger charge is 2.42. The summed E-state index contributed by atoms with van der Waals surface area (Å²) in [7, 11) is 0. The van der Waals surface area contributed by atoms with Crippen molar-refractivity contribution in [3.05, 3.63) is 35.2 Å². The zero-order valence-corrected chi connectivity index (χ0v) is 13.4. The molecule has 0 aliphatic carbocycles. The van der Waals surface area contributed by atoms with Gasteiger partial charge in [0.2, 0.25) is 0 Å². The molecule has 2 fully saturated rings. The van der Waals surface area contributed by atoms with Gasteiger partial charge >= 0.3 is 0 Å². The number of likely N-dealkylation sites (tertiary alicyclic amines) is 1. The Kier molecular flexibility index (Phi) is 3.95. The number of carbonyl (C=O) groups excluding carboxylic acids is 1. The molecule has 2 aromatic rings. The van der Waals surface area contributed by atoms with E-state index in [0.717, 1.165) is 43.5 Å². The fourth-order valence-electron chi connectivity index (χ4n) is 3.57. The molecule has 1 amide bonds. The maximum atomic E-state index is 12.8. The molecule has 1 unspecified atom stereocenters. The van der Waals surface area contributed by atoms with Crippen molar-refractivity contribution >= 4 is 39.7 Å². The molecule has 3 nitrogen and oxygen atoms in total. The molecule has 112 valence electrons. The lowest BCUT2D eigenvalue weighted by atomic mass is 9.86. The average molecular weight is 323 g/mol. The van der Waals surface area contributed by atoms with Gasteiger partial charge in [-0.1, -0.05) is 18.2 Å². The maximum absolute atomic E-state index is 12.8. The number of fused-ring (bicyclic) bond motifs is 1. The Balaban J connectivity index is 0.00000132. The Morgan fingerprint density at radius 1 is 1.29 bits per heavy atom. The quantitative estimate of drug-likeness (QED) is 0.874. The van der Waals surface area contributed by atoms with E-state index < -0.39 is 0 Å². The predicted molar refractivity (Wildman–Crippen MR) is 89.5 cm³/mol. The number of hydrogen-bond acceptors (Lipinski definition) is 3. The first-order valence-corrected chi connectivity index (χ1v) is 8.12. The predicted octanol–water partition coefficient (Wildman–Crippen LogP) is 3.15. The van der Waals surface area contributed by atoms with Crippen LogP contribution in [0.1, 0.15) is 23.2 Å². The van der Waals surface area contributed by atoms with Crippen LogP contribution in [0, 0.1) is 5.41 Å². The van der Waals surface area contributed by atoms with Gasteiger partial charge in [0.1, 0.15) is 0 Å². The van der Waals surface area contributed by atoms with Crippen molar-refractivity contribution in [1.82, 2.24) is 10.2 Å². The van der Waals surface area contributed by atoms with Crippen molar-refractivity contribution < 1.29 is 4.79 Å². The van der Waals surface area contributed by atoms with Gasteiger partial charge < -0.3 is 10.2 Å². The van der Waals surface area contributed by atoms with Gasteiger partial charge in [-0.3, -0.25) is 4.79 Å². The number of nitrogens with zero attached hydrogens (tertiary/aromatic N) is 1. The monoisotopic (exact) mass is 322 g/mol. The number of rotatable bonds is 1. The zero-order valence-electron chi connectivity index (χ0n) is 11.8. The number of hydrogen-bond donors (Lipinski definition) is 1. The summed E-state index contributed by atoms with van der Waals surface area (Å²) < 4.78 is 1.20. The van der Waals surface area contributed by atoms with Crippen LogP contribution in [-0.4, -0.2) is 37.0 Å². The molecule has 2 aliphatic rings. The van der Waals surface area contributed by atoms with Gasteiger partial charge in [0.05, 0.1) is 5.56 Å². The van der Waals surface area contributed by atoms with Gasteiger partial charge in [-0.25, -0.2) is 0 Å². The molecule has 1 aromatic heterocycles. The molecule has 0 bridgehead atoms. The van der Waals surface area contributed by atoms with Crippen molar-refractivity contribution in [2.75, 3.05) is 26.2 Å². The Morgan fingerprint density at radius 3 is 2.95 bits per heavy atom. The van der Waals surface area contributed by atoms with E-state index in [1.807, 2.05) is 17.5 Å². The molecular weight excluding hydrogens is 304 g/mol. The summed E-state index contributed by atoms with van der Waals surface area (Å²) >= 11 is 1.66. The molecule has 0 radical (unpaired) electrons. The Morgan fingerprint density at radius 2 is 2.14 bits per heavy atom. The minimum absolute atomic E-state index is 0. The largest absolute Gasteiger partial charge is 0.338 e. The fourth-order valence-corrected chi connectivity index (χ4v) is 4.50. The number of halogens is 1. The van der Waals surface area contributed by atoms with E-state index in [2.05, 4.69) is 22.3 Å². The highest BCUT2D eigenvalue weighted by atomic mass is 35.5. The summed E-state index contributed by atoms with van der Waals surface area (Å²) in [6, 6.07) is 8.19. The van der Waals surface area contributed by atoms with Gasteiger partial charge in [0.15, 0.2) is 0 Å². The number of amides is 1. The van der Waals surface area contributed by atoms with Crippen molar-refractivity contribution in [3.8, 4) is 0 Å². The third-order valence-electron chi connectivity index (χ3n) is 4.77. The smallest absolute Gasteiger partial charge is 0.255 e. The fraction of sp³-hybridized carbons (Fsp3) is 0.438. The number of carbonyl (C=O) groups is 1. The van der Waals surface area contributed by atoms with E-state index in [0.29, 0.717) is 5.41 Å². The van der Waals surface area contributed by atoms with E-state index in [1.54, 1.807) is 11.3 Å². The van der Waals surface area contributed by atoms with E-state index in [-0.39, 0.29) is 18.3 Å². The van der Waals surface area contributed by atoms with E-state index in [9.17, 15) is 4.79 Å². The van der Waals surface area contributed by atoms with Crippen molar-refractivity contribution in [1.29, 1.82) is 0 Å². The number of thiophene rings is 1. The van der Waals surface area contributed by atoms with Crippen molar-refractivity contribution in [2.24, 2.45) is 5.41 Å². The van der Waals surface area contributed by atoms with Crippen molar-refractivity contribution in [2.45, 2.75) is 12.8 Å². The Labute approximate surface area is 134 Å². The second kappa shape index (κ2) is 5.59. The standard InChI is InChI=1S/C16H18N2OS.ClH/c19-15(13-9-20-14-4-2-1-3-12(13)14)18-8-6-16(11-18)5-7-17-10-16;/h1-4,9,17H,5-8,10-11H2;1H. The lowest BCUT2D eigenvalue weighted by molar-refractivity contribution is 0.0778. The average Bonchev–Trinajstić information content (AvgIpc) is 3.20. The minimum atomic E-state index is 0. The summed E-state index contributed by atoms with van der Waals surface area (Å²) in [5, 5.41) is 6.57. The van der Waals surface area contributed by atoms with Gasteiger partial charge in [-0.05, 0) is 25.5 Å². The lowest BCUT2D eigenvalue weighted by Crippen LogP contribution is -2.33. The second-order valence-corrected chi connectivity index (χ2v) is 6.96. The zero-order chi connectivity index (χ0) is 13.6. The van der Waals surface area contributed by atoms with Crippen LogP contribution in [0.15, 0.2) is 29.6 Å². The van der Waals surface area contributed by atoms with Gasteiger partial charge in [-0.2, -0.15) is 0 Å². The summed E-state index contributed by atoms with van der Waals surface area (Å²) in [6.07, 6.45) is 2.36. The van der Waals surface area contributed by atoms with E-state index in [1.165, 1.54) is 11.1 Å². The first kappa shape index (κ1) is 14.8. The van der Waals surface area contributed by atoms with Crippen molar-refractivity contribution in [3.63, 3.8) is 0 Å². The molecule has 5 heteroatoms. The van der Waals surface area contributed by atoms with Gasteiger partial charge in [-0.15, -0.1) is 23.7 Å². The van der Waals surface area contributed by atoms with Crippen LogP contribution in [0.5, 0.6) is 0 Å². The Bertz CT molecular complexity index is 663. The topological polar surface area (TPSA) is 32.3 Å². The van der Waals surface area contributed by atoms with Crippen LogP contribution < -0.4 is 5.32 Å². The minimum Gasteiger partial charge on any atom is -0.338 e. The van der Waals surface area contributed by atoms with Crippen LogP contribution in [0.3, 0.4) is 0 Å². The molecule has 21 heavy (non-hydrogen) atoms. The second-order valence-electron chi connectivity index (χ2n) is 6.05. The summed E-state index contributed by atoms with van der Waals surface area (Å²) in [5.41, 5.74) is 1.23. The third kappa shape index (κ3) is 2.45.